The Morgan fingerprint density at radius 2 is 1.85 bits per heavy atom. The van der Waals surface area contributed by atoms with E-state index in [1.54, 1.807) is 0 Å². The number of ether oxygens (including phenoxy) is 1. The summed E-state index contributed by atoms with van der Waals surface area (Å²) in [5, 5.41) is 12.5. The van der Waals surface area contributed by atoms with E-state index in [0.29, 0.717) is 6.54 Å². The summed E-state index contributed by atoms with van der Waals surface area (Å²) in [6, 6.07) is 11.8. The molecule has 0 fully saturated rings. The molecule has 0 radical (unpaired) electrons. The molecule has 6 heteroatoms. The lowest BCUT2D eigenvalue weighted by atomic mass is 10.1. The second kappa shape index (κ2) is 7.56. The van der Waals surface area contributed by atoms with Gasteiger partial charge < -0.3 is 25.0 Å². The lowest BCUT2D eigenvalue weighted by Gasteiger charge is -2.34. The summed E-state index contributed by atoms with van der Waals surface area (Å²) in [5.41, 5.74) is 3.88. The van der Waals surface area contributed by atoms with Crippen LogP contribution in [0.25, 0.3) is 0 Å². The van der Waals surface area contributed by atoms with Crippen LogP contribution in [0.2, 0.25) is 0 Å². The van der Waals surface area contributed by atoms with Gasteiger partial charge in [0, 0.05) is 26.7 Å². The molecule has 0 aliphatic carbocycles. The molecule has 2 aromatic carbocycles. The molecule has 0 spiro atoms. The average Bonchev–Trinajstić information content (AvgIpc) is 2.65. The maximum Gasteiger partial charge on any atom is 0.305 e. The number of rotatable bonds is 7. The molecule has 26 heavy (non-hydrogen) atoms. The first-order valence-corrected chi connectivity index (χ1v) is 8.93. The van der Waals surface area contributed by atoms with Gasteiger partial charge in [0.15, 0.2) is 11.5 Å². The summed E-state index contributed by atoms with van der Waals surface area (Å²) in [4.78, 5) is 15.2. The standard InChI is InChI=1S/C20H25N3O3/c1-4-23(5-2)20-15(22(3)13-12-18(24)25)10-11-17-19(20)21-14-8-6-7-9-16(14)26-17/h6-11,21H,4-5,12-13H2,1-3H3,(H,24,25). The first kappa shape index (κ1) is 17.9. The first-order chi connectivity index (χ1) is 12.5. The minimum Gasteiger partial charge on any atom is -0.481 e. The van der Waals surface area contributed by atoms with E-state index in [1.807, 2.05) is 48.3 Å². The van der Waals surface area contributed by atoms with Gasteiger partial charge in [-0.3, -0.25) is 4.79 Å². The largest absolute Gasteiger partial charge is 0.481 e. The quantitative estimate of drug-likeness (QED) is 0.659. The number of nitrogens with one attached hydrogen (secondary N) is 1. The number of carboxylic acid groups (broad SMARTS) is 1. The lowest BCUT2D eigenvalue weighted by molar-refractivity contribution is -0.136. The number of aliphatic carboxylic acids is 1. The maximum absolute atomic E-state index is 11.0. The van der Waals surface area contributed by atoms with Crippen molar-refractivity contribution in [1.29, 1.82) is 0 Å². The van der Waals surface area contributed by atoms with Gasteiger partial charge in [-0.15, -0.1) is 0 Å². The number of nitrogens with zero attached hydrogens (tertiary/aromatic N) is 2. The van der Waals surface area contributed by atoms with Gasteiger partial charge in [0.25, 0.3) is 0 Å². The van der Waals surface area contributed by atoms with Crippen molar-refractivity contribution in [3.8, 4) is 11.5 Å². The van der Waals surface area contributed by atoms with Gasteiger partial charge in [-0.2, -0.15) is 0 Å². The van der Waals surface area contributed by atoms with Crippen LogP contribution in [0.3, 0.4) is 0 Å². The molecular formula is C20H25N3O3. The molecule has 0 saturated heterocycles. The Balaban J connectivity index is 2.05. The topological polar surface area (TPSA) is 65.0 Å². The van der Waals surface area contributed by atoms with E-state index in [9.17, 15) is 4.79 Å². The highest BCUT2D eigenvalue weighted by molar-refractivity contribution is 5.93. The SMILES string of the molecule is CCN(CC)c1c(N(C)CCC(=O)O)ccc2c1Nc1ccccc1O2. The van der Waals surface area contributed by atoms with Crippen LogP contribution in [-0.4, -0.2) is 37.8 Å². The van der Waals surface area contributed by atoms with Crippen molar-refractivity contribution in [3.05, 3.63) is 36.4 Å². The smallest absolute Gasteiger partial charge is 0.305 e. The molecule has 2 aromatic rings. The molecule has 6 nitrogen and oxygen atoms in total. The minimum atomic E-state index is -0.797. The van der Waals surface area contributed by atoms with Gasteiger partial charge >= 0.3 is 5.97 Å². The highest BCUT2D eigenvalue weighted by atomic mass is 16.5. The number of para-hydroxylation sites is 2. The van der Waals surface area contributed by atoms with Crippen LogP contribution in [-0.2, 0) is 4.79 Å². The van der Waals surface area contributed by atoms with E-state index in [4.69, 9.17) is 9.84 Å². The van der Waals surface area contributed by atoms with Crippen molar-refractivity contribution in [1.82, 2.24) is 0 Å². The van der Waals surface area contributed by atoms with Crippen LogP contribution in [0.15, 0.2) is 36.4 Å². The highest BCUT2D eigenvalue weighted by Crippen LogP contribution is 2.50. The second-order valence-electron chi connectivity index (χ2n) is 6.27. The van der Waals surface area contributed by atoms with Crippen LogP contribution in [0, 0.1) is 0 Å². The number of fused-ring (bicyclic) bond motifs is 2. The van der Waals surface area contributed by atoms with Gasteiger partial charge in [0.1, 0.15) is 5.69 Å². The number of carboxylic acids is 1. The fraction of sp³-hybridized carbons (Fsp3) is 0.350. The van der Waals surface area contributed by atoms with E-state index >= 15 is 0 Å². The highest BCUT2D eigenvalue weighted by Gasteiger charge is 2.25. The number of hydrogen-bond acceptors (Lipinski definition) is 5. The van der Waals surface area contributed by atoms with Crippen LogP contribution in [0.5, 0.6) is 11.5 Å². The van der Waals surface area contributed by atoms with Crippen molar-refractivity contribution >= 4 is 28.7 Å². The molecule has 0 amide bonds. The Kier molecular flexibility index (Phi) is 5.21. The van der Waals surface area contributed by atoms with E-state index in [0.717, 1.165) is 47.3 Å². The van der Waals surface area contributed by atoms with Gasteiger partial charge in [0.2, 0.25) is 0 Å². The molecule has 0 saturated carbocycles. The molecule has 0 aromatic heterocycles. The predicted molar refractivity (Wildman–Crippen MR) is 105 cm³/mol. The Morgan fingerprint density at radius 3 is 2.54 bits per heavy atom. The maximum atomic E-state index is 11.0. The third kappa shape index (κ3) is 3.40. The van der Waals surface area contributed by atoms with Crippen LogP contribution in [0.4, 0.5) is 22.7 Å². The zero-order valence-corrected chi connectivity index (χ0v) is 15.5. The van der Waals surface area contributed by atoms with Crippen molar-refractivity contribution in [2.75, 3.05) is 41.8 Å². The number of benzene rings is 2. The van der Waals surface area contributed by atoms with E-state index in [1.165, 1.54) is 0 Å². The Morgan fingerprint density at radius 1 is 1.12 bits per heavy atom. The zero-order valence-electron chi connectivity index (χ0n) is 15.5. The second-order valence-corrected chi connectivity index (χ2v) is 6.27. The third-order valence-electron chi connectivity index (χ3n) is 4.64. The molecule has 1 heterocycles. The summed E-state index contributed by atoms with van der Waals surface area (Å²) in [7, 11) is 1.93. The van der Waals surface area contributed by atoms with E-state index in [-0.39, 0.29) is 6.42 Å². The summed E-state index contributed by atoms with van der Waals surface area (Å²) in [5.74, 6) is 0.785. The van der Waals surface area contributed by atoms with E-state index in [2.05, 4.69) is 24.1 Å². The Bertz CT molecular complexity index is 803. The fourth-order valence-corrected chi connectivity index (χ4v) is 3.23. The zero-order chi connectivity index (χ0) is 18.7. The van der Waals surface area contributed by atoms with Crippen LogP contribution in [0.1, 0.15) is 20.3 Å². The monoisotopic (exact) mass is 355 g/mol. The average molecular weight is 355 g/mol. The molecule has 1 aliphatic rings. The molecule has 2 N–H and O–H groups in total. The molecule has 3 rings (SSSR count). The van der Waals surface area contributed by atoms with Crippen LogP contribution >= 0.6 is 0 Å². The first-order valence-electron chi connectivity index (χ1n) is 8.93. The fourth-order valence-electron chi connectivity index (χ4n) is 3.23. The summed E-state index contributed by atoms with van der Waals surface area (Å²) < 4.78 is 6.09. The van der Waals surface area contributed by atoms with Crippen molar-refractivity contribution in [3.63, 3.8) is 0 Å². The third-order valence-corrected chi connectivity index (χ3v) is 4.64. The predicted octanol–water partition coefficient (Wildman–Crippen LogP) is 4.29. The molecule has 0 bridgehead atoms. The summed E-state index contributed by atoms with van der Waals surface area (Å²) in [6.07, 6.45) is 0.0953. The Hall–Kier alpha value is -2.89. The Labute approximate surface area is 154 Å². The number of carbonyl (C=O) groups is 1. The normalized spacial score (nSPS) is 11.7. The van der Waals surface area contributed by atoms with Gasteiger partial charge in [0.05, 0.1) is 23.5 Å². The van der Waals surface area contributed by atoms with Crippen molar-refractivity contribution in [2.24, 2.45) is 0 Å². The minimum absolute atomic E-state index is 0.0953. The van der Waals surface area contributed by atoms with Crippen molar-refractivity contribution < 1.29 is 14.6 Å². The molecule has 0 unspecified atom stereocenters. The van der Waals surface area contributed by atoms with Gasteiger partial charge in [-0.1, -0.05) is 12.1 Å². The summed E-state index contributed by atoms with van der Waals surface area (Å²) >= 11 is 0. The van der Waals surface area contributed by atoms with Gasteiger partial charge in [-0.05, 0) is 38.1 Å². The van der Waals surface area contributed by atoms with Gasteiger partial charge in [-0.25, -0.2) is 0 Å². The number of anilines is 4. The van der Waals surface area contributed by atoms with Crippen molar-refractivity contribution in [2.45, 2.75) is 20.3 Å². The molecular weight excluding hydrogens is 330 g/mol. The summed E-state index contributed by atoms with van der Waals surface area (Å²) in [6.45, 7) is 6.36. The molecule has 0 atom stereocenters. The van der Waals surface area contributed by atoms with Crippen LogP contribution < -0.4 is 19.9 Å². The molecule has 1 aliphatic heterocycles. The van der Waals surface area contributed by atoms with E-state index < -0.39 is 5.97 Å². The lowest BCUT2D eigenvalue weighted by Crippen LogP contribution is -2.28. The number of hydrogen-bond donors (Lipinski definition) is 2. The molecule has 138 valence electrons.